The van der Waals surface area contributed by atoms with Crippen molar-refractivity contribution in [3.63, 3.8) is 0 Å². The summed E-state index contributed by atoms with van der Waals surface area (Å²) in [6.45, 7) is 6.90. The van der Waals surface area contributed by atoms with Crippen molar-refractivity contribution in [3.8, 4) is 11.5 Å². The van der Waals surface area contributed by atoms with E-state index in [-0.39, 0.29) is 23.9 Å². The number of ether oxygens (including phenoxy) is 2. The molecule has 4 heterocycles. The van der Waals surface area contributed by atoms with Gasteiger partial charge in [-0.05, 0) is 51.8 Å². The lowest BCUT2D eigenvalue weighted by atomic mass is 10.1. The van der Waals surface area contributed by atoms with Crippen LogP contribution in [0.15, 0.2) is 40.9 Å². The molecule has 0 saturated carbocycles. The number of benzene rings is 1. The molecule has 1 N–H and O–H groups in total. The monoisotopic (exact) mass is 507 g/mol. The molecular weight excluding hydrogens is 478 g/mol. The number of rotatable bonds is 7. The smallest absolute Gasteiger partial charge is 0.264 e. The van der Waals surface area contributed by atoms with Crippen LogP contribution in [0, 0.1) is 6.92 Å². The van der Waals surface area contributed by atoms with Crippen molar-refractivity contribution in [2.75, 3.05) is 20.3 Å². The zero-order valence-corrected chi connectivity index (χ0v) is 21.6. The lowest BCUT2D eigenvalue weighted by molar-refractivity contribution is 0.0635. The summed E-state index contributed by atoms with van der Waals surface area (Å²) >= 11 is 1.38. The van der Waals surface area contributed by atoms with Crippen molar-refractivity contribution < 1.29 is 23.5 Å². The molecule has 0 radical (unpaired) electrons. The predicted molar refractivity (Wildman–Crippen MR) is 139 cm³/mol. The van der Waals surface area contributed by atoms with Gasteiger partial charge in [-0.1, -0.05) is 0 Å². The van der Waals surface area contributed by atoms with E-state index in [1.165, 1.54) is 11.3 Å². The van der Waals surface area contributed by atoms with E-state index in [0.717, 1.165) is 29.5 Å². The topological polar surface area (TPSA) is 93.9 Å². The Morgan fingerprint density at radius 2 is 2.11 bits per heavy atom. The molecule has 2 amide bonds. The summed E-state index contributed by atoms with van der Waals surface area (Å²) in [6, 6.07) is 9.17. The van der Waals surface area contributed by atoms with Crippen molar-refractivity contribution in [2.45, 2.75) is 45.7 Å². The number of likely N-dealkylation sites (tertiary alicyclic amines) is 1. The minimum atomic E-state index is -0.160. The number of nitrogens with zero attached hydrogens (tertiary/aromatic N) is 2. The summed E-state index contributed by atoms with van der Waals surface area (Å²) in [6.07, 6.45) is 3.60. The normalized spacial score (nSPS) is 15.8. The van der Waals surface area contributed by atoms with E-state index in [2.05, 4.69) is 10.3 Å². The fourth-order valence-corrected chi connectivity index (χ4v) is 5.74. The van der Waals surface area contributed by atoms with Crippen molar-refractivity contribution in [2.24, 2.45) is 0 Å². The van der Waals surface area contributed by atoms with Gasteiger partial charge in [-0.3, -0.25) is 14.6 Å². The average Bonchev–Trinajstić information content (AvgIpc) is 3.54. The maximum absolute atomic E-state index is 13.2. The number of aromatic nitrogens is 1. The van der Waals surface area contributed by atoms with Gasteiger partial charge in [0.05, 0.1) is 33.3 Å². The van der Waals surface area contributed by atoms with Gasteiger partial charge in [0.25, 0.3) is 11.8 Å². The molecule has 0 spiro atoms. The van der Waals surface area contributed by atoms with Gasteiger partial charge in [-0.25, -0.2) is 0 Å². The molecular formula is C27H29N3O5S. The van der Waals surface area contributed by atoms with Gasteiger partial charge < -0.3 is 24.1 Å². The van der Waals surface area contributed by atoms with E-state index in [1.807, 2.05) is 36.9 Å². The first kappa shape index (κ1) is 24.3. The van der Waals surface area contributed by atoms with Gasteiger partial charge in [-0.15, -0.1) is 11.3 Å². The molecule has 8 nitrogen and oxygen atoms in total. The van der Waals surface area contributed by atoms with Crippen LogP contribution in [0.4, 0.5) is 0 Å². The minimum absolute atomic E-state index is 0.00295. The number of carbonyl (C=O) groups excluding carboxylic acids is 2. The van der Waals surface area contributed by atoms with Gasteiger partial charge in [0, 0.05) is 43.4 Å². The van der Waals surface area contributed by atoms with E-state index in [0.29, 0.717) is 45.4 Å². The molecule has 1 fully saturated rings. The lowest BCUT2D eigenvalue weighted by Crippen LogP contribution is -2.37. The molecule has 4 aromatic rings. The first-order valence-electron chi connectivity index (χ1n) is 12.1. The van der Waals surface area contributed by atoms with Gasteiger partial charge in [-0.2, -0.15) is 0 Å². The molecule has 0 aliphatic carbocycles. The number of hydrogen-bond acceptors (Lipinski definition) is 7. The number of fused-ring (bicyclic) bond motifs is 2. The molecule has 1 saturated heterocycles. The highest BCUT2D eigenvalue weighted by molar-refractivity contribution is 7.21. The van der Waals surface area contributed by atoms with E-state index in [1.54, 1.807) is 32.4 Å². The summed E-state index contributed by atoms with van der Waals surface area (Å²) < 4.78 is 18.2. The number of pyridine rings is 1. The molecule has 1 aromatic carbocycles. The summed E-state index contributed by atoms with van der Waals surface area (Å²) in [4.78, 5) is 32.9. The zero-order valence-electron chi connectivity index (χ0n) is 20.8. The standard InChI is InChI=1S/C27H29N3O5S/c1-15(2)29-26(31)24-16(3)34-22-12-18(7-8-19(22)24)35-21-9-10-28-20-13-23(36-25(20)21)27(32)30-11-5-6-17(30)14-33-4/h7-10,12-13,15,17H,5-6,11,14H2,1-4H3,(H,29,31)/t17-/m0/s1. The Kier molecular flexibility index (Phi) is 6.68. The second-order valence-electron chi connectivity index (χ2n) is 9.31. The van der Waals surface area contributed by atoms with Crippen LogP contribution in [0.2, 0.25) is 0 Å². The van der Waals surface area contributed by atoms with Crippen LogP contribution in [0.3, 0.4) is 0 Å². The van der Waals surface area contributed by atoms with Crippen LogP contribution in [0.5, 0.6) is 11.5 Å². The number of thiophene rings is 1. The second-order valence-corrected chi connectivity index (χ2v) is 10.4. The summed E-state index contributed by atoms with van der Waals surface area (Å²) in [7, 11) is 1.66. The molecule has 1 aliphatic heterocycles. The van der Waals surface area contributed by atoms with Crippen molar-refractivity contribution >= 4 is 44.3 Å². The van der Waals surface area contributed by atoms with Crippen molar-refractivity contribution in [1.29, 1.82) is 0 Å². The lowest BCUT2D eigenvalue weighted by Gasteiger charge is -2.23. The molecule has 36 heavy (non-hydrogen) atoms. The Morgan fingerprint density at radius 1 is 1.28 bits per heavy atom. The average molecular weight is 508 g/mol. The highest BCUT2D eigenvalue weighted by Crippen LogP contribution is 2.37. The number of carbonyl (C=O) groups is 2. The highest BCUT2D eigenvalue weighted by Gasteiger charge is 2.30. The van der Waals surface area contributed by atoms with Crippen LogP contribution >= 0.6 is 11.3 Å². The summed E-state index contributed by atoms with van der Waals surface area (Å²) in [5.41, 5.74) is 1.82. The van der Waals surface area contributed by atoms with Gasteiger partial charge >= 0.3 is 0 Å². The third-order valence-electron chi connectivity index (χ3n) is 6.30. The molecule has 1 aliphatic rings. The predicted octanol–water partition coefficient (Wildman–Crippen LogP) is 5.53. The fraction of sp³-hybridized carbons (Fsp3) is 0.370. The van der Waals surface area contributed by atoms with Crippen molar-refractivity contribution in [1.82, 2.24) is 15.2 Å². The van der Waals surface area contributed by atoms with Crippen LogP contribution in [-0.4, -0.2) is 54.0 Å². The third kappa shape index (κ3) is 4.56. The van der Waals surface area contributed by atoms with Crippen LogP contribution < -0.4 is 10.1 Å². The maximum Gasteiger partial charge on any atom is 0.264 e. The Balaban J connectivity index is 1.42. The molecule has 0 unspecified atom stereocenters. The Hall–Kier alpha value is -3.43. The fourth-order valence-electron chi connectivity index (χ4n) is 4.72. The first-order chi connectivity index (χ1) is 17.4. The number of methoxy groups -OCH3 is 1. The van der Waals surface area contributed by atoms with Crippen LogP contribution in [0.1, 0.15) is 52.5 Å². The SMILES string of the molecule is COC[C@@H]1CCCN1C(=O)c1cc2nccc(Oc3ccc4c(C(=O)NC(C)C)c(C)oc4c3)c2s1. The number of amides is 2. The minimum Gasteiger partial charge on any atom is -0.460 e. The Labute approximate surface area is 213 Å². The van der Waals surface area contributed by atoms with E-state index >= 15 is 0 Å². The molecule has 0 bridgehead atoms. The van der Waals surface area contributed by atoms with Gasteiger partial charge in [0.1, 0.15) is 22.8 Å². The quantitative estimate of drug-likeness (QED) is 0.353. The van der Waals surface area contributed by atoms with Gasteiger partial charge in [0.2, 0.25) is 0 Å². The van der Waals surface area contributed by atoms with Crippen LogP contribution in [0.25, 0.3) is 21.2 Å². The van der Waals surface area contributed by atoms with Gasteiger partial charge in [0.15, 0.2) is 0 Å². The summed E-state index contributed by atoms with van der Waals surface area (Å²) in [5, 5.41) is 3.65. The molecule has 9 heteroatoms. The molecule has 1 atom stereocenters. The maximum atomic E-state index is 13.2. The molecule has 188 valence electrons. The van der Waals surface area contributed by atoms with Crippen molar-refractivity contribution in [3.05, 3.63) is 52.7 Å². The third-order valence-corrected chi connectivity index (χ3v) is 7.42. The van der Waals surface area contributed by atoms with Crippen LogP contribution in [-0.2, 0) is 4.74 Å². The highest BCUT2D eigenvalue weighted by atomic mass is 32.1. The number of hydrogen-bond donors (Lipinski definition) is 1. The van der Waals surface area contributed by atoms with E-state index in [4.69, 9.17) is 13.9 Å². The second kappa shape index (κ2) is 9.91. The number of aryl methyl sites for hydroxylation is 1. The first-order valence-corrected chi connectivity index (χ1v) is 12.9. The number of nitrogens with one attached hydrogen (secondary N) is 1. The Bertz CT molecular complexity index is 1440. The van der Waals surface area contributed by atoms with E-state index < -0.39 is 0 Å². The largest absolute Gasteiger partial charge is 0.460 e. The molecule has 3 aromatic heterocycles. The summed E-state index contributed by atoms with van der Waals surface area (Å²) in [5.74, 6) is 1.58. The zero-order chi connectivity index (χ0) is 25.4. The molecule has 5 rings (SSSR count). The Morgan fingerprint density at radius 3 is 2.89 bits per heavy atom. The number of furan rings is 1. The van der Waals surface area contributed by atoms with E-state index in [9.17, 15) is 9.59 Å².